The van der Waals surface area contributed by atoms with Crippen molar-refractivity contribution in [3.63, 3.8) is 0 Å². The summed E-state index contributed by atoms with van der Waals surface area (Å²) in [6.45, 7) is 1.79. The molecule has 100 valence electrons. The molecule has 1 aliphatic rings. The van der Waals surface area contributed by atoms with Crippen LogP contribution < -0.4 is 0 Å². The number of fused-ring (bicyclic) bond motifs is 1. The number of para-hydroxylation sites is 1. The molecule has 1 saturated heterocycles. The van der Waals surface area contributed by atoms with Crippen LogP contribution in [0.4, 0.5) is 0 Å². The van der Waals surface area contributed by atoms with E-state index in [0.717, 1.165) is 42.5 Å². The number of carbonyl (C=O) groups is 1. The van der Waals surface area contributed by atoms with Crippen molar-refractivity contribution in [3.05, 3.63) is 36.0 Å². The van der Waals surface area contributed by atoms with Gasteiger partial charge in [-0.1, -0.05) is 37.5 Å². The summed E-state index contributed by atoms with van der Waals surface area (Å²) in [6.07, 6.45) is 6.07. The number of aromatic amines is 1. The van der Waals surface area contributed by atoms with Crippen LogP contribution in [0.1, 0.15) is 42.6 Å². The molecule has 0 radical (unpaired) electrons. The van der Waals surface area contributed by atoms with Gasteiger partial charge in [-0.15, -0.1) is 0 Å². The Morgan fingerprint density at radius 2 is 1.68 bits per heavy atom. The highest BCUT2D eigenvalue weighted by molar-refractivity contribution is 5.98. The molecule has 2 aromatic rings. The van der Waals surface area contributed by atoms with Crippen molar-refractivity contribution in [3.8, 4) is 0 Å². The molecule has 3 rings (SSSR count). The summed E-state index contributed by atoms with van der Waals surface area (Å²) < 4.78 is 0. The quantitative estimate of drug-likeness (QED) is 0.832. The summed E-state index contributed by atoms with van der Waals surface area (Å²) >= 11 is 0. The fraction of sp³-hybridized carbons (Fsp3) is 0.438. The number of aromatic nitrogens is 1. The molecule has 3 nitrogen and oxygen atoms in total. The minimum Gasteiger partial charge on any atom is -0.351 e. The lowest BCUT2D eigenvalue weighted by Gasteiger charge is -2.24. The number of nitrogens with one attached hydrogen (secondary N) is 1. The molecule has 1 aliphatic heterocycles. The first-order valence-electron chi connectivity index (χ1n) is 7.21. The highest BCUT2D eigenvalue weighted by Crippen LogP contribution is 2.18. The Bertz CT molecular complexity index is 532. The SMILES string of the molecule is O=C(c1cc2ccccc2[nH]1)N1CCCCCCC1. The molecule has 19 heavy (non-hydrogen) atoms. The van der Waals surface area contributed by atoms with Gasteiger partial charge in [0.2, 0.25) is 0 Å². The molecule has 3 heteroatoms. The number of hydrogen-bond donors (Lipinski definition) is 1. The largest absolute Gasteiger partial charge is 0.351 e. The predicted molar refractivity (Wildman–Crippen MR) is 77.3 cm³/mol. The van der Waals surface area contributed by atoms with Gasteiger partial charge in [0.25, 0.3) is 5.91 Å². The Kier molecular flexibility index (Phi) is 3.53. The molecule has 1 aromatic heterocycles. The molecule has 1 aromatic carbocycles. The van der Waals surface area contributed by atoms with Crippen LogP contribution in [0, 0.1) is 0 Å². The number of rotatable bonds is 1. The average Bonchev–Trinajstić information content (AvgIpc) is 2.81. The van der Waals surface area contributed by atoms with Gasteiger partial charge in [-0.25, -0.2) is 0 Å². The van der Waals surface area contributed by atoms with E-state index in [4.69, 9.17) is 0 Å². The molecular weight excluding hydrogens is 236 g/mol. The van der Waals surface area contributed by atoms with Crippen LogP contribution in [0.3, 0.4) is 0 Å². The molecule has 1 fully saturated rings. The third kappa shape index (κ3) is 2.65. The van der Waals surface area contributed by atoms with E-state index in [0.29, 0.717) is 0 Å². The van der Waals surface area contributed by atoms with E-state index < -0.39 is 0 Å². The number of likely N-dealkylation sites (tertiary alicyclic amines) is 1. The van der Waals surface area contributed by atoms with Crippen molar-refractivity contribution in [2.45, 2.75) is 32.1 Å². The number of nitrogens with zero attached hydrogens (tertiary/aromatic N) is 1. The van der Waals surface area contributed by atoms with Crippen LogP contribution in [0.15, 0.2) is 30.3 Å². The van der Waals surface area contributed by atoms with Gasteiger partial charge >= 0.3 is 0 Å². The third-order valence-corrected chi connectivity index (χ3v) is 3.90. The van der Waals surface area contributed by atoms with E-state index in [-0.39, 0.29) is 5.91 Å². The van der Waals surface area contributed by atoms with Gasteiger partial charge in [0.05, 0.1) is 0 Å². The molecule has 2 heterocycles. The highest BCUT2D eigenvalue weighted by Gasteiger charge is 2.18. The maximum Gasteiger partial charge on any atom is 0.270 e. The van der Waals surface area contributed by atoms with Crippen molar-refractivity contribution in [2.24, 2.45) is 0 Å². The Labute approximate surface area is 113 Å². The van der Waals surface area contributed by atoms with Crippen molar-refractivity contribution in [2.75, 3.05) is 13.1 Å². The van der Waals surface area contributed by atoms with Crippen LogP contribution >= 0.6 is 0 Å². The predicted octanol–water partition coefficient (Wildman–Crippen LogP) is 3.57. The number of carbonyl (C=O) groups excluding carboxylic acids is 1. The van der Waals surface area contributed by atoms with Crippen molar-refractivity contribution in [1.29, 1.82) is 0 Å². The molecule has 1 N–H and O–H groups in total. The van der Waals surface area contributed by atoms with E-state index in [2.05, 4.69) is 4.98 Å². The van der Waals surface area contributed by atoms with Crippen LogP contribution in [-0.2, 0) is 0 Å². The van der Waals surface area contributed by atoms with Crippen LogP contribution in [0.25, 0.3) is 10.9 Å². The fourth-order valence-corrected chi connectivity index (χ4v) is 2.81. The van der Waals surface area contributed by atoms with Gasteiger partial charge < -0.3 is 9.88 Å². The van der Waals surface area contributed by atoms with Gasteiger partial charge in [-0.2, -0.15) is 0 Å². The van der Waals surface area contributed by atoms with E-state index in [1.54, 1.807) is 0 Å². The molecule has 0 aliphatic carbocycles. The maximum atomic E-state index is 12.5. The Hall–Kier alpha value is -1.77. The summed E-state index contributed by atoms with van der Waals surface area (Å²) in [5, 5.41) is 1.11. The van der Waals surface area contributed by atoms with Crippen molar-refractivity contribution in [1.82, 2.24) is 9.88 Å². The second-order valence-corrected chi connectivity index (χ2v) is 5.33. The van der Waals surface area contributed by atoms with Crippen LogP contribution in [0.2, 0.25) is 0 Å². The first-order valence-corrected chi connectivity index (χ1v) is 7.21. The number of benzene rings is 1. The fourth-order valence-electron chi connectivity index (χ4n) is 2.81. The van der Waals surface area contributed by atoms with Crippen LogP contribution in [-0.4, -0.2) is 28.9 Å². The minimum atomic E-state index is 0.151. The summed E-state index contributed by atoms with van der Waals surface area (Å²) in [5.74, 6) is 0.151. The minimum absolute atomic E-state index is 0.151. The zero-order valence-corrected chi connectivity index (χ0v) is 11.2. The molecular formula is C16H20N2O. The second-order valence-electron chi connectivity index (χ2n) is 5.33. The third-order valence-electron chi connectivity index (χ3n) is 3.90. The van der Waals surface area contributed by atoms with E-state index in [9.17, 15) is 4.79 Å². The van der Waals surface area contributed by atoms with E-state index in [1.165, 1.54) is 19.3 Å². The lowest BCUT2D eigenvalue weighted by Crippen LogP contribution is -2.33. The van der Waals surface area contributed by atoms with Gasteiger partial charge in [-0.3, -0.25) is 4.79 Å². The molecule has 0 unspecified atom stereocenters. The Balaban J connectivity index is 1.81. The molecule has 0 atom stereocenters. The molecule has 1 amide bonds. The van der Waals surface area contributed by atoms with Gasteiger partial charge in [0, 0.05) is 24.0 Å². The Morgan fingerprint density at radius 3 is 2.42 bits per heavy atom. The summed E-state index contributed by atoms with van der Waals surface area (Å²) in [4.78, 5) is 17.8. The lowest BCUT2D eigenvalue weighted by atomic mass is 10.1. The lowest BCUT2D eigenvalue weighted by molar-refractivity contribution is 0.0737. The normalized spacial score (nSPS) is 17.2. The van der Waals surface area contributed by atoms with Gasteiger partial charge in [0.1, 0.15) is 5.69 Å². The molecule has 0 bridgehead atoms. The summed E-state index contributed by atoms with van der Waals surface area (Å²) in [7, 11) is 0. The first kappa shape index (κ1) is 12.3. The van der Waals surface area contributed by atoms with Crippen molar-refractivity contribution < 1.29 is 4.79 Å². The average molecular weight is 256 g/mol. The number of amides is 1. The van der Waals surface area contributed by atoms with E-state index >= 15 is 0 Å². The van der Waals surface area contributed by atoms with Gasteiger partial charge in [-0.05, 0) is 25.0 Å². The van der Waals surface area contributed by atoms with Crippen LogP contribution in [0.5, 0.6) is 0 Å². The Morgan fingerprint density at radius 1 is 1.00 bits per heavy atom. The number of H-pyrrole nitrogens is 1. The number of hydrogen-bond acceptors (Lipinski definition) is 1. The zero-order valence-electron chi connectivity index (χ0n) is 11.2. The first-order chi connectivity index (χ1) is 9.34. The summed E-state index contributed by atoms with van der Waals surface area (Å²) in [5.41, 5.74) is 1.76. The monoisotopic (exact) mass is 256 g/mol. The highest BCUT2D eigenvalue weighted by atomic mass is 16.2. The standard InChI is InChI=1S/C16H20N2O/c19-16(18-10-6-2-1-3-7-11-18)15-12-13-8-4-5-9-14(13)17-15/h4-5,8-9,12,17H,1-3,6-7,10-11H2. The topological polar surface area (TPSA) is 36.1 Å². The van der Waals surface area contributed by atoms with Crippen molar-refractivity contribution >= 4 is 16.8 Å². The maximum absolute atomic E-state index is 12.5. The smallest absolute Gasteiger partial charge is 0.270 e. The molecule has 0 saturated carbocycles. The van der Waals surface area contributed by atoms with Gasteiger partial charge in [0.15, 0.2) is 0 Å². The summed E-state index contributed by atoms with van der Waals surface area (Å²) in [6, 6.07) is 10.0. The second kappa shape index (κ2) is 5.47. The van der Waals surface area contributed by atoms with E-state index in [1.807, 2.05) is 35.2 Å². The molecule has 0 spiro atoms. The zero-order chi connectivity index (χ0) is 13.1.